The zero-order chi connectivity index (χ0) is 16.9. The summed E-state index contributed by atoms with van der Waals surface area (Å²) in [6.07, 6.45) is 2.98. The highest BCUT2D eigenvalue weighted by atomic mass is 16.5. The van der Waals surface area contributed by atoms with Crippen LogP contribution in [0.4, 0.5) is 5.69 Å². The van der Waals surface area contributed by atoms with Crippen molar-refractivity contribution in [1.29, 1.82) is 0 Å². The van der Waals surface area contributed by atoms with E-state index in [1.807, 2.05) is 36.4 Å². The van der Waals surface area contributed by atoms with Gasteiger partial charge in [-0.05, 0) is 42.2 Å². The maximum Gasteiger partial charge on any atom is 0.339 e. The smallest absolute Gasteiger partial charge is 0.339 e. The van der Waals surface area contributed by atoms with Gasteiger partial charge in [0.05, 0.1) is 5.56 Å². The number of esters is 1. The molecule has 4 nitrogen and oxygen atoms in total. The maximum atomic E-state index is 12.4. The Morgan fingerprint density at radius 2 is 1.92 bits per heavy atom. The molecule has 1 amide bonds. The van der Waals surface area contributed by atoms with Crippen LogP contribution in [0, 0.1) is 0 Å². The largest absolute Gasteiger partial charge is 0.448 e. The van der Waals surface area contributed by atoms with Crippen molar-refractivity contribution in [3.05, 3.63) is 65.2 Å². The minimum absolute atomic E-state index is 0.292. The molecule has 24 heavy (non-hydrogen) atoms. The summed E-state index contributed by atoms with van der Waals surface area (Å²) in [5.41, 5.74) is 3.37. The Kier molecular flexibility index (Phi) is 4.94. The summed E-state index contributed by atoms with van der Waals surface area (Å²) in [7, 11) is 0. The SMILES string of the molecule is CCCCc1ccc(NC(=O)[C@@H]2Cc3ccccc3C(=O)O2)cc1. The topological polar surface area (TPSA) is 55.4 Å². The number of carbonyl (C=O) groups excluding carboxylic acids is 2. The van der Waals surface area contributed by atoms with Crippen molar-refractivity contribution in [1.82, 2.24) is 0 Å². The van der Waals surface area contributed by atoms with Crippen molar-refractivity contribution in [2.24, 2.45) is 0 Å². The minimum Gasteiger partial charge on any atom is -0.448 e. The lowest BCUT2D eigenvalue weighted by atomic mass is 9.98. The monoisotopic (exact) mass is 323 g/mol. The number of anilines is 1. The number of cyclic esters (lactones) is 1. The molecule has 0 spiro atoms. The Hall–Kier alpha value is -2.62. The van der Waals surface area contributed by atoms with Gasteiger partial charge in [-0.3, -0.25) is 4.79 Å². The first kappa shape index (κ1) is 16.2. The molecule has 3 rings (SSSR count). The summed E-state index contributed by atoms with van der Waals surface area (Å²) in [5, 5.41) is 2.83. The molecule has 0 fully saturated rings. The number of unbranched alkanes of at least 4 members (excludes halogenated alkanes) is 1. The van der Waals surface area contributed by atoms with Crippen LogP contribution in [0.2, 0.25) is 0 Å². The van der Waals surface area contributed by atoms with Crippen LogP contribution in [0.15, 0.2) is 48.5 Å². The number of ether oxygens (including phenoxy) is 1. The van der Waals surface area contributed by atoms with Crippen LogP contribution in [0.25, 0.3) is 0 Å². The number of hydrogen-bond acceptors (Lipinski definition) is 3. The number of carbonyl (C=O) groups is 2. The highest BCUT2D eigenvalue weighted by Crippen LogP contribution is 2.21. The van der Waals surface area contributed by atoms with Gasteiger partial charge in [-0.1, -0.05) is 43.7 Å². The standard InChI is InChI=1S/C20H21NO3/c1-2-3-6-14-9-11-16(12-10-14)21-19(22)18-13-15-7-4-5-8-17(15)20(23)24-18/h4-5,7-12,18H,2-3,6,13H2,1H3,(H,21,22)/t18-/m0/s1. The molecular weight excluding hydrogens is 302 g/mol. The highest BCUT2D eigenvalue weighted by Gasteiger charge is 2.30. The van der Waals surface area contributed by atoms with Gasteiger partial charge in [-0.2, -0.15) is 0 Å². The van der Waals surface area contributed by atoms with E-state index < -0.39 is 12.1 Å². The first-order valence-electron chi connectivity index (χ1n) is 8.36. The molecule has 2 aromatic rings. The van der Waals surface area contributed by atoms with Crippen LogP contribution in [0.5, 0.6) is 0 Å². The van der Waals surface area contributed by atoms with Gasteiger partial charge in [0.25, 0.3) is 5.91 Å². The van der Waals surface area contributed by atoms with E-state index >= 15 is 0 Å². The Balaban J connectivity index is 1.64. The van der Waals surface area contributed by atoms with Crippen LogP contribution in [-0.4, -0.2) is 18.0 Å². The molecule has 4 heteroatoms. The van der Waals surface area contributed by atoms with Gasteiger partial charge in [0.2, 0.25) is 0 Å². The molecule has 0 saturated heterocycles. The summed E-state index contributed by atoms with van der Waals surface area (Å²) in [6, 6.07) is 15.1. The third-order valence-corrected chi connectivity index (χ3v) is 4.22. The van der Waals surface area contributed by atoms with Gasteiger partial charge in [-0.25, -0.2) is 4.79 Å². The van der Waals surface area contributed by atoms with E-state index in [0.717, 1.165) is 30.5 Å². The van der Waals surface area contributed by atoms with Gasteiger partial charge >= 0.3 is 5.97 Å². The van der Waals surface area contributed by atoms with E-state index in [-0.39, 0.29) is 5.91 Å². The van der Waals surface area contributed by atoms with Crippen molar-refractivity contribution < 1.29 is 14.3 Å². The van der Waals surface area contributed by atoms with E-state index in [9.17, 15) is 9.59 Å². The van der Waals surface area contributed by atoms with Crippen LogP contribution >= 0.6 is 0 Å². The van der Waals surface area contributed by atoms with Crippen molar-refractivity contribution >= 4 is 17.6 Å². The van der Waals surface area contributed by atoms with E-state index in [1.165, 1.54) is 5.56 Å². The molecule has 2 aromatic carbocycles. The molecule has 1 aliphatic heterocycles. The number of rotatable bonds is 5. The van der Waals surface area contributed by atoms with Crippen LogP contribution in [-0.2, 0) is 22.4 Å². The quantitative estimate of drug-likeness (QED) is 0.853. The fraction of sp³-hybridized carbons (Fsp3) is 0.300. The first-order valence-corrected chi connectivity index (χ1v) is 8.36. The Morgan fingerprint density at radius 1 is 1.17 bits per heavy atom. The lowest BCUT2D eigenvalue weighted by Gasteiger charge is -2.23. The molecule has 0 bridgehead atoms. The first-order chi connectivity index (χ1) is 11.7. The molecule has 0 unspecified atom stereocenters. The zero-order valence-corrected chi connectivity index (χ0v) is 13.7. The Bertz CT molecular complexity index is 737. The number of fused-ring (bicyclic) bond motifs is 1. The third-order valence-electron chi connectivity index (χ3n) is 4.22. The van der Waals surface area contributed by atoms with Crippen LogP contribution in [0.3, 0.4) is 0 Å². The molecule has 0 aromatic heterocycles. The van der Waals surface area contributed by atoms with Gasteiger partial charge in [0.15, 0.2) is 6.10 Å². The summed E-state index contributed by atoms with van der Waals surface area (Å²) < 4.78 is 5.27. The maximum absolute atomic E-state index is 12.4. The van der Waals surface area contributed by atoms with Crippen molar-refractivity contribution in [2.75, 3.05) is 5.32 Å². The molecule has 1 N–H and O–H groups in total. The fourth-order valence-corrected chi connectivity index (χ4v) is 2.84. The molecule has 124 valence electrons. The number of benzene rings is 2. The normalized spacial score (nSPS) is 16.2. The summed E-state index contributed by atoms with van der Waals surface area (Å²) in [6.45, 7) is 2.16. The molecular formula is C20H21NO3. The molecule has 1 aliphatic rings. The summed E-state index contributed by atoms with van der Waals surface area (Å²) in [5.74, 6) is -0.730. The average molecular weight is 323 g/mol. The average Bonchev–Trinajstić information content (AvgIpc) is 2.61. The molecule has 0 aliphatic carbocycles. The summed E-state index contributed by atoms with van der Waals surface area (Å²) in [4.78, 5) is 24.4. The van der Waals surface area contributed by atoms with Gasteiger partial charge < -0.3 is 10.1 Å². The molecule has 1 atom stereocenters. The zero-order valence-electron chi connectivity index (χ0n) is 13.7. The number of aryl methyl sites for hydroxylation is 1. The second kappa shape index (κ2) is 7.30. The molecule has 0 saturated carbocycles. The van der Waals surface area contributed by atoms with E-state index in [0.29, 0.717) is 12.0 Å². The van der Waals surface area contributed by atoms with Gasteiger partial charge in [-0.15, -0.1) is 0 Å². The molecule has 1 heterocycles. The van der Waals surface area contributed by atoms with Gasteiger partial charge in [0.1, 0.15) is 0 Å². The Labute approximate surface area is 141 Å². The number of nitrogens with one attached hydrogen (secondary N) is 1. The Morgan fingerprint density at radius 3 is 2.67 bits per heavy atom. The second-order valence-electron chi connectivity index (χ2n) is 6.04. The van der Waals surface area contributed by atoms with Gasteiger partial charge in [0, 0.05) is 12.1 Å². The highest BCUT2D eigenvalue weighted by molar-refractivity contribution is 6.00. The molecule has 0 radical (unpaired) electrons. The predicted molar refractivity (Wildman–Crippen MR) is 93.0 cm³/mol. The number of amides is 1. The number of hydrogen-bond donors (Lipinski definition) is 1. The lowest BCUT2D eigenvalue weighted by molar-refractivity contribution is -0.125. The minimum atomic E-state index is -0.785. The predicted octanol–water partition coefficient (Wildman–Crippen LogP) is 3.75. The van der Waals surface area contributed by atoms with Crippen molar-refractivity contribution in [3.8, 4) is 0 Å². The van der Waals surface area contributed by atoms with E-state index in [4.69, 9.17) is 4.74 Å². The fourth-order valence-electron chi connectivity index (χ4n) is 2.84. The third kappa shape index (κ3) is 3.65. The van der Waals surface area contributed by atoms with Crippen molar-refractivity contribution in [2.45, 2.75) is 38.7 Å². The van der Waals surface area contributed by atoms with E-state index in [1.54, 1.807) is 12.1 Å². The van der Waals surface area contributed by atoms with Crippen LogP contribution in [0.1, 0.15) is 41.3 Å². The second-order valence-corrected chi connectivity index (χ2v) is 6.04. The van der Waals surface area contributed by atoms with Crippen LogP contribution < -0.4 is 5.32 Å². The summed E-state index contributed by atoms with van der Waals surface area (Å²) >= 11 is 0. The van der Waals surface area contributed by atoms with Crippen molar-refractivity contribution in [3.63, 3.8) is 0 Å². The lowest BCUT2D eigenvalue weighted by Crippen LogP contribution is -2.37. The van der Waals surface area contributed by atoms with E-state index in [2.05, 4.69) is 12.2 Å².